The summed E-state index contributed by atoms with van der Waals surface area (Å²) in [5.41, 5.74) is 12.3. The minimum atomic E-state index is 0.896. The molecular formula is C52H33NOS. The van der Waals surface area contributed by atoms with E-state index in [4.69, 9.17) is 4.42 Å². The molecule has 0 aliphatic rings. The van der Waals surface area contributed by atoms with Gasteiger partial charge in [-0.05, 0) is 99.3 Å². The molecule has 0 fully saturated rings. The van der Waals surface area contributed by atoms with Gasteiger partial charge in [0.1, 0.15) is 11.2 Å². The molecule has 0 saturated carbocycles. The van der Waals surface area contributed by atoms with Crippen LogP contribution in [0, 0.1) is 0 Å². The summed E-state index contributed by atoms with van der Waals surface area (Å²) in [6.07, 6.45) is 0. The average molecular weight is 720 g/mol. The Kier molecular flexibility index (Phi) is 7.39. The molecule has 2 heterocycles. The molecule has 11 rings (SSSR count). The highest BCUT2D eigenvalue weighted by atomic mass is 32.1. The van der Waals surface area contributed by atoms with Crippen LogP contribution in [0.15, 0.2) is 205 Å². The van der Waals surface area contributed by atoms with Gasteiger partial charge in [-0.25, -0.2) is 0 Å². The zero-order chi connectivity index (χ0) is 36.3. The number of furan rings is 1. The van der Waals surface area contributed by atoms with Crippen LogP contribution >= 0.6 is 11.3 Å². The fourth-order valence-corrected chi connectivity index (χ4v) is 9.44. The number of anilines is 3. The predicted octanol–water partition coefficient (Wildman–Crippen LogP) is 15.6. The van der Waals surface area contributed by atoms with Crippen molar-refractivity contribution < 1.29 is 4.42 Å². The molecule has 11 aromatic rings. The third-order valence-electron chi connectivity index (χ3n) is 10.9. The Morgan fingerprint density at radius 1 is 0.364 bits per heavy atom. The topological polar surface area (TPSA) is 16.4 Å². The second-order valence-electron chi connectivity index (χ2n) is 14.1. The highest BCUT2D eigenvalue weighted by molar-refractivity contribution is 7.25. The summed E-state index contributed by atoms with van der Waals surface area (Å²) < 4.78 is 8.85. The lowest BCUT2D eigenvalue weighted by molar-refractivity contribution is 0.669. The molecular weight excluding hydrogens is 687 g/mol. The van der Waals surface area contributed by atoms with Crippen molar-refractivity contribution in [2.24, 2.45) is 0 Å². The normalized spacial score (nSPS) is 11.6. The average Bonchev–Trinajstić information content (AvgIpc) is 3.83. The van der Waals surface area contributed by atoms with E-state index in [1.165, 1.54) is 53.2 Å². The Labute approximate surface area is 322 Å². The van der Waals surface area contributed by atoms with Gasteiger partial charge in [0, 0.05) is 47.9 Å². The molecule has 0 atom stereocenters. The molecule has 0 amide bonds. The Hall–Kier alpha value is -6.94. The number of thiophene rings is 1. The van der Waals surface area contributed by atoms with Crippen LogP contribution in [0.3, 0.4) is 0 Å². The van der Waals surface area contributed by atoms with Gasteiger partial charge in [-0.1, -0.05) is 140 Å². The van der Waals surface area contributed by atoms with Gasteiger partial charge < -0.3 is 9.32 Å². The minimum Gasteiger partial charge on any atom is -0.456 e. The van der Waals surface area contributed by atoms with Crippen molar-refractivity contribution in [1.82, 2.24) is 0 Å². The van der Waals surface area contributed by atoms with E-state index in [-0.39, 0.29) is 0 Å². The van der Waals surface area contributed by atoms with Gasteiger partial charge in [0.05, 0.1) is 5.69 Å². The first-order chi connectivity index (χ1) is 27.3. The van der Waals surface area contributed by atoms with E-state index >= 15 is 0 Å². The second-order valence-corrected chi connectivity index (χ2v) is 15.1. The summed E-state index contributed by atoms with van der Waals surface area (Å²) in [4.78, 5) is 2.39. The standard InChI is InChI=1S/C52H33NOS/c1-2-13-40-34(11-1)12-9-17-41(40)35-23-28-38(29-24-35)53(39-30-25-36(26-31-39)43-18-10-22-51-52(43)45-16-5-8-21-50(45)55-51)47-19-6-3-14-42(47)37-27-32-49-46(33-37)44-15-4-7-20-48(44)54-49/h1-33H. The summed E-state index contributed by atoms with van der Waals surface area (Å²) in [5.74, 6) is 0. The molecule has 0 spiro atoms. The molecule has 0 bridgehead atoms. The number of benzene rings is 9. The molecule has 0 aliphatic carbocycles. The van der Waals surface area contributed by atoms with E-state index in [9.17, 15) is 0 Å². The summed E-state index contributed by atoms with van der Waals surface area (Å²) in [5, 5.41) is 7.38. The van der Waals surface area contributed by atoms with Gasteiger partial charge in [-0.3, -0.25) is 0 Å². The van der Waals surface area contributed by atoms with Crippen molar-refractivity contribution in [1.29, 1.82) is 0 Å². The van der Waals surface area contributed by atoms with E-state index in [1.54, 1.807) is 0 Å². The van der Waals surface area contributed by atoms with Crippen LogP contribution in [-0.4, -0.2) is 0 Å². The third kappa shape index (κ3) is 5.32. The van der Waals surface area contributed by atoms with Crippen LogP contribution < -0.4 is 4.90 Å². The van der Waals surface area contributed by atoms with Crippen molar-refractivity contribution >= 4 is 81.3 Å². The molecule has 0 unspecified atom stereocenters. The van der Waals surface area contributed by atoms with Crippen LogP contribution in [-0.2, 0) is 0 Å². The molecule has 258 valence electrons. The maximum atomic E-state index is 6.22. The molecule has 3 heteroatoms. The van der Waals surface area contributed by atoms with Gasteiger partial charge in [-0.2, -0.15) is 0 Å². The SMILES string of the molecule is c1ccc(N(c2ccc(-c3cccc4ccccc34)cc2)c2ccc(-c3cccc4sc5ccccc5c34)cc2)c(-c2ccc3oc4ccccc4c3c2)c1. The van der Waals surface area contributed by atoms with E-state index in [0.717, 1.165) is 50.1 Å². The first-order valence-electron chi connectivity index (χ1n) is 18.7. The third-order valence-corrected chi connectivity index (χ3v) is 12.0. The predicted molar refractivity (Wildman–Crippen MR) is 235 cm³/mol. The van der Waals surface area contributed by atoms with E-state index in [0.29, 0.717) is 0 Å². The summed E-state index contributed by atoms with van der Waals surface area (Å²) in [7, 11) is 0. The van der Waals surface area contributed by atoms with Crippen molar-refractivity contribution in [3.05, 3.63) is 200 Å². The quantitative estimate of drug-likeness (QED) is 0.170. The van der Waals surface area contributed by atoms with Gasteiger partial charge in [0.15, 0.2) is 0 Å². The Morgan fingerprint density at radius 2 is 0.927 bits per heavy atom. The lowest BCUT2D eigenvalue weighted by Crippen LogP contribution is -2.11. The highest BCUT2D eigenvalue weighted by Crippen LogP contribution is 2.45. The first-order valence-corrected chi connectivity index (χ1v) is 19.5. The van der Waals surface area contributed by atoms with Crippen LogP contribution in [0.4, 0.5) is 17.1 Å². The molecule has 0 aliphatic heterocycles. The largest absolute Gasteiger partial charge is 0.456 e. The Morgan fingerprint density at radius 3 is 1.76 bits per heavy atom. The van der Waals surface area contributed by atoms with Gasteiger partial charge in [-0.15, -0.1) is 11.3 Å². The fraction of sp³-hybridized carbons (Fsp3) is 0. The van der Waals surface area contributed by atoms with Crippen molar-refractivity contribution in [2.45, 2.75) is 0 Å². The van der Waals surface area contributed by atoms with Crippen LogP contribution in [0.5, 0.6) is 0 Å². The molecule has 0 radical (unpaired) electrons. The molecule has 2 nitrogen and oxygen atoms in total. The van der Waals surface area contributed by atoms with Crippen molar-refractivity contribution in [3.8, 4) is 33.4 Å². The van der Waals surface area contributed by atoms with E-state index in [1.807, 2.05) is 23.5 Å². The second kappa shape index (κ2) is 12.9. The zero-order valence-corrected chi connectivity index (χ0v) is 30.6. The minimum absolute atomic E-state index is 0.896. The zero-order valence-electron chi connectivity index (χ0n) is 29.8. The number of para-hydroxylation sites is 2. The fourth-order valence-electron chi connectivity index (χ4n) is 8.31. The summed E-state index contributed by atoms with van der Waals surface area (Å²) >= 11 is 1.86. The summed E-state index contributed by atoms with van der Waals surface area (Å²) in [6, 6.07) is 72.3. The van der Waals surface area contributed by atoms with E-state index in [2.05, 4.69) is 193 Å². The maximum Gasteiger partial charge on any atom is 0.135 e. The molecule has 0 N–H and O–H groups in total. The molecule has 55 heavy (non-hydrogen) atoms. The Balaban J connectivity index is 1.07. The molecule has 0 saturated heterocycles. The smallest absolute Gasteiger partial charge is 0.135 e. The van der Waals surface area contributed by atoms with Gasteiger partial charge in [0.2, 0.25) is 0 Å². The van der Waals surface area contributed by atoms with Crippen molar-refractivity contribution in [2.75, 3.05) is 4.90 Å². The van der Waals surface area contributed by atoms with Crippen molar-refractivity contribution in [3.63, 3.8) is 0 Å². The first kappa shape index (κ1) is 31.6. The van der Waals surface area contributed by atoms with Crippen LogP contribution in [0.1, 0.15) is 0 Å². The van der Waals surface area contributed by atoms with E-state index < -0.39 is 0 Å². The number of fused-ring (bicyclic) bond motifs is 7. The highest BCUT2D eigenvalue weighted by Gasteiger charge is 2.19. The number of nitrogens with zero attached hydrogens (tertiary/aromatic N) is 1. The number of hydrogen-bond acceptors (Lipinski definition) is 3. The Bertz CT molecular complexity index is 3200. The lowest BCUT2D eigenvalue weighted by atomic mass is 9.97. The number of rotatable bonds is 6. The molecule has 2 aromatic heterocycles. The molecule has 9 aromatic carbocycles. The lowest BCUT2D eigenvalue weighted by Gasteiger charge is -2.28. The monoisotopic (exact) mass is 719 g/mol. The van der Waals surface area contributed by atoms with Gasteiger partial charge >= 0.3 is 0 Å². The van der Waals surface area contributed by atoms with Crippen LogP contribution in [0.25, 0.3) is 86.3 Å². The van der Waals surface area contributed by atoms with Gasteiger partial charge in [0.25, 0.3) is 0 Å². The maximum absolute atomic E-state index is 6.22. The summed E-state index contributed by atoms with van der Waals surface area (Å²) in [6.45, 7) is 0. The number of hydrogen-bond donors (Lipinski definition) is 0. The van der Waals surface area contributed by atoms with Crippen LogP contribution in [0.2, 0.25) is 0 Å².